The van der Waals surface area contributed by atoms with Gasteiger partial charge in [-0.15, -0.1) is 0 Å². The summed E-state index contributed by atoms with van der Waals surface area (Å²) in [5.74, 6) is -0.496. The topological polar surface area (TPSA) is 34.1 Å². The largest absolute Gasteiger partial charge is 0.289 e. The monoisotopic (exact) mass is 310 g/mol. The van der Waals surface area contributed by atoms with E-state index in [4.69, 9.17) is 11.6 Å². The summed E-state index contributed by atoms with van der Waals surface area (Å²) in [7, 11) is 0. The van der Waals surface area contributed by atoms with Gasteiger partial charge in [0.25, 0.3) is 0 Å². The highest BCUT2D eigenvalue weighted by Gasteiger charge is 2.34. The van der Waals surface area contributed by atoms with Crippen molar-refractivity contribution in [3.63, 3.8) is 0 Å². The lowest BCUT2D eigenvalue weighted by molar-refractivity contribution is 0.0973. The number of carbonyl (C=O) groups excluding carboxylic acids is 2. The lowest BCUT2D eigenvalue weighted by atomic mass is 9.81. The zero-order chi connectivity index (χ0) is 15.9. The normalized spacial score (nSPS) is 14.5. The Morgan fingerprint density at radius 3 is 2.09 bits per heavy atom. The van der Waals surface area contributed by atoms with Crippen LogP contribution in [0.1, 0.15) is 34.6 Å². The van der Waals surface area contributed by atoms with Crippen LogP contribution in [-0.4, -0.2) is 11.6 Å². The van der Waals surface area contributed by atoms with E-state index in [2.05, 4.69) is 0 Å². The Morgan fingerprint density at radius 1 is 0.818 bits per heavy atom. The molecule has 0 N–H and O–H groups in total. The van der Waals surface area contributed by atoms with Gasteiger partial charge < -0.3 is 0 Å². The zero-order valence-electron chi connectivity index (χ0n) is 12.4. The van der Waals surface area contributed by atoms with Crippen LogP contribution in [0.25, 0.3) is 11.1 Å². The molecule has 0 spiro atoms. The maximum Gasteiger partial charge on any atom is 0.206 e. The fourth-order valence-corrected chi connectivity index (χ4v) is 3.24. The average molecular weight is 311 g/mol. The SMILES string of the molecule is CC(C)C1=C(Cl)C(=O)c2c(cccc2-c2ccccc2)C1=O. The zero-order valence-corrected chi connectivity index (χ0v) is 13.1. The van der Waals surface area contributed by atoms with E-state index in [0.717, 1.165) is 11.1 Å². The number of hydrogen-bond acceptors (Lipinski definition) is 2. The first-order valence-electron chi connectivity index (χ1n) is 7.20. The third kappa shape index (κ3) is 2.20. The predicted molar refractivity (Wildman–Crippen MR) is 88.3 cm³/mol. The van der Waals surface area contributed by atoms with Crippen molar-refractivity contribution in [3.8, 4) is 11.1 Å². The van der Waals surface area contributed by atoms with Crippen LogP contribution in [0.5, 0.6) is 0 Å². The van der Waals surface area contributed by atoms with Crippen molar-refractivity contribution < 1.29 is 9.59 Å². The van der Waals surface area contributed by atoms with Crippen molar-refractivity contribution in [2.24, 2.45) is 5.92 Å². The second-order valence-corrected chi connectivity index (χ2v) is 6.01. The number of fused-ring (bicyclic) bond motifs is 1. The molecule has 0 heterocycles. The van der Waals surface area contributed by atoms with E-state index in [-0.39, 0.29) is 22.5 Å². The lowest BCUT2D eigenvalue weighted by Gasteiger charge is -2.22. The molecule has 0 aliphatic heterocycles. The van der Waals surface area contributed by atoms with E-state index < -0.39 is 0 Å². The third-order valence-corrected chi connectivity index (χ3v) is 4.25. The molecule has 2 nitrogen and oxygen atoms in total. The smallest absolute Gasteiger partial charge is 0.206 e. The highest BCUT2D eigenvalue weighted by Crippen LogP contribution is 2.37. The average Bonchev–Trinajstić information content (AvgIpc) is 2.53. The van der Waals surface area contributed by atoms with Gasteiger partial charge in [0.1, 0.15) is 0 Å². The first kappa shape index (κ1) is 14.7. The van der Waals surface area contributed by atoms with Gasteiger partial charge in [-0.2, -0.15) is 0 Å². The molecule has 0 radical (unpaired) electrons. The van der Waals surface area contributed by atoms with Crippen molar-refractivity contribution in [2.75, 3.05) is 0 Å². The number of Topliss-reactive ketones (excluding diaryl/α,β-unsaturated/α-hetero) is 2. The molecule has 22 heavy (non-hydrogen) atoms. The van der Waals surface area contributed by atoms with E-state index in [0.29, 0.717) is 16.7 Å². The number of carbonyl (C=O) groups is 2. The molecule has 3 heteroatoms. The van der Waals surface area contributed by atoms with E-state index in [9.17, 15) is 9.59 Å². The minimum atomic E-state index is -0.264. The van der Waals surface area contributed by atoms with Gasteiger partial charge in [-0.25, -0.2) is 0 Å². The number of hydrogen-bond donors (Lipinski definition) is 0. The Labute approximate surface area is 134 Å². The Kier molecular flexibility index (Phi) is 3.71. The first-order chi connectivity index (χ1) is 10.5. The molecule has 2 aromatic carbocycles. The number of benzene rings is 2. The van der Waals surface area contributed by atoms with Gasteiger partial charge >= 0.3 is 0 Å². The second kappa shape index (κ2) is 5.54. The molecular formula is C19H15ClO2. The highest BCUT2D eigenvalue weighted by molar-refractivity contribution is 6.50. The summed E-state index contributed by atoms with van der Waals surface area (Å²) in [6.45, 7) is 3.74. The summed E-state index contributed by atoms with van der Waals surface area (Å²) in [6, 6.07) is 14.9. The van der Waals surface area contributed by atoms with Crippen LogP contribution >= 0.6 is 11.6 Å². The van der Waals surface area contributed by atoms with Crippen molar-refractivity contribution in [2.45, 2.75) is 13.8 Å². The standard InChI is InChI=1S/C19H15ClO2/c1-11(2)15-17(20)19(22)16-13(12-7-4-3-5-8-12)9-6-10-14(16)18(15)21/h3-11H,1-2H3. The lowest BCUT2D eigenvalue weighted by Crippen LogP contribution is -2.23. The Morgan fingerprint density at radius 2 is 1.45 bits per heavy atom. The highest BCUT2D eigenvalue weighted by atomic mass is 35.5. The number of ketones is 2. The van der Waals surface area contributed by atoms with Crippen LogP contribution in [-0.2, 0) is 0 Å². The first-order valence-corrected chi connectivity index (χ1v) is 7.57. The van der Waals surface area contributed by atoms with Gasteiger partial charge in [-0.05, 0) is 17.0 Å². The van der Waals surface area contributed by atoms with E-state index in [1.165, 1.54) is 0 Å². The molecule has 0 bridgehead atoms. The van der Waals surface area contributed by atoms with Gasteiger partial charge in [-0.1, -0.05) is 74.0 Å². The summed E-state index contributed by atoms with van der Waals surface area (Å²) in [6.07, 6.45) is 0. The summed E-state index contributed by atoms with van der Waals surface area (Å²) >= 11 is 6.22. The number of rotatable bonds is 2. The van der Waals surface area contributed by atoms with Crippen LogP contribution in [0.2, 0.25) is 0 Å². The van der Waals surface area contributed by atoms with Gasteiger partial charge in [0.15, 0.2) is 5.78 Å². The van der Waals surface area contributed by atoms with E-state index in [1.54, 1.807) is 6.07 Å². The molecule has 2 aromatic rings. The Hall–Kier alpha value is -2.19. The van der Waals surface area contributed by atoms with Crippen LogP contribution in [0, 0.1) is 5.92 Å². The quantitative estimate of drug-likeness (QED) is 0.792. The van der Waals surface area contributed by atoms with Crippen LogP contribution in [0.3, 0.4) is 0 Å². The van der Waals surface area contributed by atoms with E-state index in [1.807, 2.05) is 56.3 Å². The molecule has 0 unspecified atom stereocenters. The minimum Gasteiger partial charge on any atom is -0.289 e. The molecular weight excluding hydrogens is 296 g/mol. The summed E-state index contributed by atoms with van der Waals surface area (Å²) in [5.41, 5.74) is 2.91. The van der Waals surface area contributed by atoms with Gasteiger partial charge in [-0.3, -0.25) is 9.59 Å². The van der Waals surface area contributed by atoms with E-state index >= 15 is 0 Å². The number of allylic oxidation sites excluding steroid dienone is 2. The maximum atomic E-state index is 12.7. The van der Waals surface area contributed by atoms with Gasteiger partial charge in [0.05, 0.1) is 5.03 Å². The maximum absolute atomic E-state index is 12.7. The predicted octanol–water partition coefficient (Wildman–Crippen LogP) is 4.88. The molecule has 0 aromatic heterocycles. The summed E-state index contributed by atoms with van der Waals surface area (Å²) in [5, 5.41) is 0.0517. The molecule has 0 amide bonds. The minimum absolute atomic E-state index is 0.0517. The molecule has 1 aliphatic carbocycles. The van der Waals surface area contributed by atoms with Gasteiger partial charge in [0, 0.05) is 16.7 Å². The summed E-state index contributed by atoms with van der Waals surface area (Å²) in [4.78, 5) is 25.4. The van der Waals surface area contributed by atoms with Crippen molar-refractivity contribution in [1.29, 1.82) is 0 Å². The molecule has 0 saturated carbocycles. The molecule has 0 saturated heterocycles. The number of halogens is 1. The Bertz CT molecular complexity index is 801. The van der Waals surface area contributed by atoms with Crippen molar-refractivity contribution >= 4 is 23.2 Å². The second-order valence-electron chi connectivity index (χ2n) is 5.63. The molecule has 3 rings (SSSR count). The third-order valence-electron chi connectivity index (χ3n) is 3.88. The molecule has 110 valence electrons. The molecule has 0 atom stereocenters. The Balaban J connectivity index is 2.27. The van der Waals surface area contributed by atoms with Crippen molar-refractivity contribution in [1.82, 2.24) is 0 Å². The fourth-order valence-electron chi connectivity index (χ4n) is 2.84. The molecule has 0 fully saturated rings. The fraction of sp³-hybridized carbons (Fsp3) is 0.158. The summed E-state index contributed by atoms with van der Waals surface area (Å²) < 4.78 is 0. The van der Waals surface area contributed by atoms with Crippen LogP contribution in [0.4, 0.5) is 0 Å². The van der Waals surface area contributed by atoms with Crippen molar-refractivity contribution in [3.05, 3.63) is 70.3 Å². The van der Waals surface area contributed by atoms with Crippen LogP contribution in [0.15, 0.2) is 59.1 Å². The molecule has 1 aliphatic rings. The van der Waals surface area contributed by atoms with Crippen LogP contribution < -0.4 is 0 Å². The van der Waals surface area contributed by atoms with Gasteiger partial charge in [0.2, 0.25) is 5.78 Å².